The number of rotatable bonds is 2. The van der Waals surface area contributed by atoms with Gasteiger partial charge in [-0.15, -0.1) is 0 Å². The highest BCUT2D eigenvalue weighted by molar-refractivity contribution is 5.58. The van der Waals surface area contributed by atoms with Crippen LogP contribution >= 0.6 is 0 Å². The Kier molecular flexibility index (Phi) is 2.39. The van der Waals surface area contributed by atoms with Gasteiger partial charge in [-0.25, -0.2) is 0 Å². The molecule has 1 aromatic rings. The summed E-state index contributed by atoms with van der Waals surface area (Å²) in [5, 5.41) is 0. The molecule has 2 heteroatoms. The Morgan fingerprint density at radius 1 is 1.15 bits per heavy atom. The Morgan fingerprint density at radius 3 is 2.54 bits per heavy atom. The predicted molar refractivity (Wildman–Crippen MR) is 54.4 cm³/mol. The molecule has 0 atom stereocenters. The Hall–Kier alpha value is -1.18. The SMILES string of the molecule is COc1ccccc1N1CCCC1. The molecule has 13 heavy (non-hydrogen) atoms. The molecule has 0 spiro atoms. The van der Waals surface area contributed by atoms with Crippen molar-refractivity contribution >= 4 is 5.69 Å². The molecule has 0 aliphatic carbocycles. The van der Waals surface area contributed by atoms with Crippen molar-refractivity contribution in [3.63, 3.8) is 0 Å². The Labute approximate surface area is 79.1 Å². The summed E-state index contributed by atoms with van der Waals surface area (Å²) in [4.78, 5) is 2.39. The summed E-state index contributed by atoms with van der Waals surface area (Å²) in [6.45, 7) is 2.33. The maximum absolute atomic E-state index is 5.32. The number of para-hydroxylation sites is 2. The number of benzene rings is 1. The lowest BCUT2D eigenvalue weighted by molar-refractivity contribution is 0.415. The average Bonchev–Trinajstić information content (AvgIpc) is 2.70. The van der Waals surface area contributed by atoms with Crippen LogP contribution < -0.4 is 9.64 Å². The minimum absolute atomic E-state index is 0.990. The number of nitrogens with zero attached hydrogens (tertiary/aromatic N) is 1. The van der Waals surface area contributed by atoms with Crippen molar-refractivity contribution in [3.8, 4) is 5.75 Å². The molecule has 0 bridgehead atoms. The van der Waals surface area contributed by atoms with Crippen LogP contribution in [-0.4, -0.2) is 20.2 Å². The van der Waals surface area contributed by atoms with Crippen LogP contribution in [-0.2, 0) is 0 Å². The minimum atomic E-state index is 0.990. The summed E-state index contributed by atoms with van der Waals surface area (Å²) in [6.07, 6.45) is 2.61. The van der Waals surface area contributed by atoms with Gasteiger partial charge in [-0.05, 0) is 25.0 Å². The molecular formula is C11H15NO. The highest BCUT2D eigenvalue weighted by atomic mass is 16.5. The summed E-state index contributed by atoms with van der Waals surface area (Å²) in [5.74, 6) is 0.990. The number of hydrogen-bond donors (Lipinski definition) is 0. The molecule has 70 valence electrons. The number of ether oxygens (including phenoxy) is 1. The van der Waals surface area contributed by atoms with Gasteiger partial charge in [-0.3, -0.25) is 0 Å². The molecule has 1 aromatic carbocycles. The van der Waals surface area contributed by atoms with Crippen LogP contribution in [0.5, 0.6) is 5.75 Å². The van der Waals surface area contributed by atoms with E-state index in [0.717, 1.165) is 5.75 Å². The normalized spacial score (nSPS) is 16.2. The molecule has 0 unspecified atom stereocenters. The molecule has 0 amide bonds. The molecule has 0 radical (unpaired) electrons. The average molecular weight is 177 g/mol. The van der Waals surface area contributed by atoms with Crippen molar-refractivity contribution in [2.45, 2.75) is 12.8 Å². The summed E-state index contributed by atoms with van der Waals surface area (Å²) in [6, 6.07) is 8.23. The maximum atomic E-state index is 5.32. The molecule has 0 aromatic heterocycles. The van der Waals surface area contributed by atoms with Crippen LogP contribution in [0.3, 0.4) is 0 Å². The quantitative estimate of drug-likeness (QED) is 0.687. The van der Waals surface area contributed by atoms with Crippen molar-refractivity contribution in [1.82, 2.24) is 0 Å². The Balaban J connectivity index is 2.26. The lowest BCUT2D eigenvalue weighted by Crippen LogP contribution is -2.18. The largest absolute Gasteiger partial charge is 0.495 e. The summed E-state index contributed by atoms with van der Waals surface area (Å²) in [7, 11) is 1.73. The zero-order chi connectivity index (χ0) is 9.10. The summed E-state index contributed by atoms with van der Waals surface area (Å²) >= 11 is 0. The van der Waals surface area contributed by atoms with Gasteiger partial charge in [-0.2, -0.15) is 0 Å². The van der Waals surface area contributed by atoms with E-state index in [2.05, 4.69) is 17.0 Å². The topological polar surface area (TPSA) is 12.5 Å². The van der Waals surface area contributed by atoms with Gasteiger partial charge in [0.2, 0.25) is 0 Å². The summed E-state index contributed by atoms with van der Waals surface area (Å²) in [5.41, 5.74) is 1.24. The third-order valence-electron chi connectivity index (χ3n) is 2.53. The van der Waals surface area contributed by atoms with Crippen LogP contribution in [0.15, 0.2) is 24.3 Å². The van der Waals surface area contributed by atoms with E-state index < -0.39 is 0 Å². The molecule has 0 N–H and O–H groups in total. The second-order valence-corrected chi connectivity index (χ2v) is 3.37. The van der Waals surface area contributed by atoms with Crippen molar-refractivity contribution < 1.29 is 4.74 Å². The number of hydrogen-bond acceptors (Lipinski definition) is 2. The van der Waals surface area contributed by atoms with Gasteiger partial charge in [0.05, 0.1) is 12.8 Å². The molecule has 1 fully saturated rings. The molecule has 1 saturated heterocycles. The van der Waals surface area contributed by atoms with Gasteiger partial charge in [0.15, 0.2) is 0 Å². The monoisotopic (exact) mass is 177 g/mol. The van der Waals surface area contributed by atoms with Gasteiger partial charge >= 0.3 is 0 Å². The Bertz CT molecular complexity index is 279. The van der Waals surface area contributed by atoms with Gasteiger partial charge in [0, 0.05) is 13.1 Å². The third-order valence-corrected chi connectivity index (χ3v) is 2.53. The first kappa shape index (κ1) is 8.42. The van der Waals surface area contributed by atoms with E-state index >= 15 is 0 Å². The zero-order valence-electron chi connectivity index (χ0n) is 7.99. The standard InChI is InChI=1S/C11H15NO/c1-13-11-7-3-2-6-10(11)12-8-4-5-9-12/h2-3,6-7H,4-5,8-9H2,1H3. The van der Waals surface area contributed by atoms with Crippen molar-refractivity contribution in [2.24, 2.45) is 0 Å². The van der Waals surface area contributed by atoms with E-state index in [-0.39, 0.29) is 0 Å². The fraction of sp³-hybridized carbons (Fsp3) is 0.455. The second-order valence-electron chi connectivity index (χ2n) is 3.37. The molecule has 1 aliphatic rings. The van der Waals surface area contributed by atoms with E-state index in [1.54, 1.807) is 7.11 Å². The third kappa shape index (κ3) is 1.62. The van der Waals surface area contributed by atoms with E-state index in [9.17, 15) is 0 Å². The van der Waals surface area contributed by atoms with Crippen LogP contribution in [0.4, 0.5) is 5.69 Å². The van der Waals surface area contributed by atoms with Gasteiger partial charge < -0.3 is 9.64 Å². The van der Waals surface area contributed by atoms with Crippen LogP contribution in [0.2, 0.25) is 0 Å². The zero-order valence-corrected chi connectivity index (χ0v) is 7.99. The minimum Gasteiger partial charge on any atom is -0.495 e. The lowest BCUT2D eigenvalue weighted by Gasteiger charge is -2.19. The van der Waals surface area contributed by atoms with Crippen LogP contribution in [0, 0.1) is 0 Å². The molecule has 1 aliphatic heterocycles. The number of anilines is 1. The predicted octanol–water partition coefficient (Wildman–Crippen LogP) is 2.30. The summed E-state index contributed by atoms with van der Waals surface area (Å²) < 4.78 is 5.32. The molecule has 2 rings (SSSR count). The van der Waals surface area contributed by atoms with Crippen LogP contribution in [0.25, 0.3) is 0 Å². The molecule has 2 nitrogen and oxygen atoms in total. The highest BCUT2D eigenvalue weighted by Crippen LogP contribution is 2.29. The van der Waals surface area contributed by atoms with Gasteiger partial charge in [0.1, 0.15) is 5.75 Å². The fourth-order valence-corrected chi connectivity index (χ4v) is 1.85. The second kappa shape index (κ2) is 3.69. The first-order chi connectivity index (χ1) is 6.42. The van der Waals surface area contributed by atoms with Crippen molar-refractivity contribution in [3.05, 3.63) is 24.3 Å². The van der Waals surface area contributed by atoms with Gasteiger partial charge in [-0.1, -0.05) is 12.1 Å². The van der Waals surface area contributed by atoms with E-state index in [1.807, 2.05) is 12.1 Å². The Morgan fingerprint density at radius 2 is 1.85 bits per heavy atom. The van der Waals surface area contributed by atoms with E-state index in [1.165, 1.54) is 31.6 Å². The van der Waals surface area contributed by atoms with Crippen molar-refractivity contribution in [1.29, 1.82) is 0 Å². The van der Waals surface area contributed by atoms with Gasteiger partial charge in [0.25, 0.3) is 0 Å². The smallest absolute Gasteiger partial charge is 0.142 e. The number of methoxy groups -OCH3 is 1. The fourth-order valence-electron chi connectivity index (χ4n) is 1.85. The molecular weight excluding hydrogens is 162 g/mol. The van der Waals surface area contributed by atoms with E-state index in [4.69, 9.17) is 4.74 Å². The lowest BCUT2D eigenvalue weighted by atomic mass is 10.2. The first-order valence-corrected chi connectivity index (χ1v) is 4.80. The maximum Gasteiger partial charge on any atom is 0.142 e. The first-order valence-electron chi connectivity index (χ1n) is 4.80. The van der Waals surface area contributed by atoms with Crippen LogP contribution in [0.1, 0.15) is 12.8 Å². The van der Waals surface area contributed by atoms with E-state index in [0.29, 0.717) is 0 Å². The molecule has 1 heterocycles. The van der Waals surface area contributed by atoms with Crippen molar-refractivity contribution in [2.75, 3.05) is 25.1 Å². The molecule has 0 saturated carbocycles. The highest BCUT2D eigenvalue weighted by Gasteiger charge is 2.15.